The fourth-order valence-electron chi connectivity index (χ4n) is 5.37. The number of aromatic nitrogens is 1. The van der Waals surface area contributed by atoms with Crippen LogP contribution in [0.5, 0.6) is 0 Å². The first-order valence-corrected chi connectivity index (χ1v) is 15.2. The molecule has 4 aromatic rings. The van der Waals surface area contributed by atoms with Crippen LogP contribution in [0, 0.1) is 0 Å². The normalized spacial score (nSPS) is 13.5. The van der Waals surface area contributed by atoms with E-state index in [0.29, 0.717) is 29.4 Å². The van der Waals surface area contributed by atoms with Crippen molar-refractivity contribution in [3.8, 4) is 0 Å². The molecule has 12 heteroatoms. The van der Waals surface area contributed by atoms with E-state index in [1.165, 1.54) is 16.4 Å². The molecule has 0 unspecified atom stereocenters. The van der Waals surface area contributed by atoms with E-state index in [1.807, 2.05) is 60.7 Å². The van der Waals surface area contributed by atoms with Gasteiger partial charge in [0.15, 0.2) is 0 Å². The zero-order chi connectivity index (χ0) is 33.9. The summed E-state index contributed by atoms with van der Waals surface area (Å²) in [6.45, 7) is 0.671. The number of carbonyl (C=O) groups excluding carboxylic acids is 5. The Bertz CT molecular complexity index is 1690. The summed E-state index contributed by atoms with van der Waals surface area (Å²) in [5.41, 5.74) is 2.86. The van der Waals surface area contributed by atoms with Crippen molar-refractivity contribution in [1.29, 1.82) is 0 Å². The Morgan fingerprint density at radius 1 is 0.809 bits per heavy atom. The van der Waals surface area contributed by atoms with Gasteiger partial charge in [-0.1, -0.05) is 78.9 Å². The van der Waals surface area contributed by atoms with Crippen LogP contribution in [0.15, 0.2) is 91.1 Å². The van der Waals surface area contributed by atoms with Crippen molar-refractivity contribution < 1.29 is 34.2 Å². The number of benzene rings is 3. The molecule has 0 radical (unpaired) electrons. The minimum absolute atomic E-state index is 0.0918. The van der Waals surface area contributed by atoms with E-state index in [0.717, 1.165) is 11.1 Å². The number of aliphatic hydroxyl groups is 2. The second-order valence-corrected chi connectivity index (χ2v) is 11.3. The number of carbonyl (C=O) groups is 5. The molecule has 5 N–H and O–H groups in total. The van der Waals surface area contributed by atoms with Gasteiger partial charge in [-0.15, -0.1) is 0 Å². The van der Waals surface area contributed by atoms with Gasteiger partial charge in [0.25, 0.3) is 0 Å². The highest BCUT2D eigenvalue weighted by atomic mass is 16.3. The number of amides is 4. The Morgan fingerprint density at radius 3 is 2.02 bits per heavy atom. The van der Waals surface area contributed by atoms with Crippen molar-refractivity contribution in [1.82, 2.24) is 25.4 Å². The van der Waals surface area contributed by atoms with Crippen LogP contribution in [0.25, 0.3) is 10.9 Å². The highest BCUT2D eigenvalue weighted by Gasteiger charge is 2.33. The number of hydrogen-bond acceptors (Lipinski definition) is 7. The molecule has 0 spiro atoms. The van der Waals surface area contributed by atoms with Crippen LogP contribution in [-0.4, -0.2) is 87.6 Å². The Labute approximate surface area is 272 Å². The zero-order valence-electron chi connectivity index (χ0n) is 26.2. The van der Waals surface area contributed by atoms with Gasteiger partial charge in [-0.05, 0) is 29.7 Å². The molecule has 0 aliphatic heterocycles. The van der Waals surface area contributed by atoms with Crippen LogP contribution in [0.3, 0.4) is 0 Å². The molecule has 0 bridgehead atoms. The van der Waals surface area contributed by atoms with Gasteiger partial charge in [-0.2, -0.15) is 0 Å². The maximum absolute atomic E-state index is 14.1. The number of hydrogen-bond donors (Lipinski definition) is 5. The van der Waals surface area contributed by atoms with E-state index in [-0.39, 0.29) is 18.7 Å². The smallest absolute Gasteiger partial charge is 0.246 e. The molecule has 0 saturated heterocycles. The number of nitrogens with one attached hydrogen (secondary N) is 3. The lowest BCUT2D eigenvalue weighted by atomic mass is 10.0. The molecule has 0 aliphatic carbocycles. The maximum Gasteiger partial charge on any atom is 0.246 e. The minimum atomic E-state index is -1.49. The molecule has 0 aliphatic rings. The monoisotopic (exact) mass is 641 g/mol. The van der Waals surface area contributed by atoms with Crippen LogP contribution in [0.2, 0.25) is 0 Å². The topological polar surface area (TPSA) is 170 Å². The highest BCUT2D eigenvalue weighted by Crippen LogP contribution is 2.22. The van der Waals surface area contributed by atoms with Gasteiger partial charge in [0.1, 0.15) is 24.7 Å². The number of rotatable bonds is 15. The molecule has 0 saturated carbocycles. The van der Waals surface area contributed by atoms with E-state index in [1.54, 1.807) is 37.5 Å². The van der Waals surface area contributed by atoms with Crippen molar-refractivity contribution in [3.05, 3.63) is 108 Å². The summed E-state index contributed by atoms with van der Waals surface area (Å²) in [6, 6.07) is 21.8. The van der Waals surface area contributed by atoms with Crippen molar-refractivity contribution in [2.75, 3.05) is 13.7 Å². The van der Waals surface area contributed by atoms with Gasteiger partial charge in [0, 0.05) is 38.0 Å². The van der Waals surface area contributed by atoms with E-state index >= 15 is 0 Å². The molecule has 3 aromatic carbocycles. The zero-order valence-corrected chi connectivity index (χ0v) is 26.2. The van der Waals surface area contributed by atoms with Gasteiger partial charge in [-0.25, -0.2) is 0 Å². The Hall–Kier alpha value is -5.33. The average molecular weight is 642 g/mol. The lowest BCUT2D eigenvalue weighted by Gasteiger charge is -2.28. The minimum Gasteiger partial charge on any atom is -0.391 e. The average Bonchev–Trinajstić information content (AvgIpc) is 3.44. The first-order valence-electron chi connectivity index (χ1n) is 15.2. The van der Waals surface area contributed by atoms with Gasteiger partial charge in [0.2, 0.25) is 30.0 Å². The van der Waals surface area contributed by atoms with Crippen molar-refractivity contribution in [3.63, 3.8) is 0 Å². The lowest BCUT2D eigenvalue weighted by molar-refractivity contribution is -0.137. The van der Waals surface area contributed by atoms with E-state index in [4.69, 9.17) is 0 Å². The molecule has 246 valence electrons. The number of para-hydroxylation sites is 1. The predicted molar refractivity (Wildman–Crippen MR) is 175 cm³/mol. The summed E-state index contributed by atoms with van der Waals surface area (Å²) in [6.07, 6.45) is 0.892. The summed E-state index contributed by atoms with van der Waals surface area (Å²) in [5.74, 6) is -2.82. The van der Waals surface area contributed by atoms with E-state index in [2.05, 4.69) is 16.0 Å². The molecule has 0 fully saturated rings. The van der Waals surface area contributed by atoms with E-state index < -0.39 is 48.6 Å². The number of nitrogens with zero attached hydrogens (tertiary/aromatic N) is 2. The van der Waals surface area contributed by atoms with Gasteiger partial charge >= 0.3 is 0 Å². The van der Waals surface area contributed by atoms with Gasteiger partial charge < -0.3 is 31.1 Å². The van der Waals surface area contributed by atoms with Crippen LogP contribution in [0.1, 0.15) is 23.6 Å². The summed E-state index contributed by atoms with van der Waals surface area (Å²) in [4.78, 5) is 66.5. The highest BCUT2D eigenvalue weighted by molar-refractivity contribution is 5.96. The molecule has 47 heavy (non-hydrogen) atoms. The molecule has 12 nitrogen and oxygen atoms in total. The number of likely N-dealkylation sites (N-methyl/N-ethyl adjacent to an activating group) is 1. The standard InChI is InChI=1S/C35H39N5O7/c1-23(43)32(38-31(44)21-41)34(46)36-28(18-26-20-40(22-42)30-16-10-9-15-27(26)30)33(45)37-29(17-24-11-5-3-6-12-24)35(47)39(2)19-25-13-7-4-8-14-25/h3-16,20,22-23,28-29,32,41,43H,17-19,21H2,1-2H3,(H,36,46)(H,37,45)(H,38,44)/t23-,28-,29+,32+/m1/s1. The second kappa shape index (κ2) is 16.3. The summed E-state index contributed by atoms with van der Waals surface area (Å²) in [5, 5.41) is 27.8. The van der Waals surface area contributed by atoms with Crippen molar-refractivity contribution >= 4 is 40.9 Å². The van der Waals surface area contributed by atoms with Crippen LogP contribution < -0.4 is 16.0 Å². The Balaban J connectivity index is 1.66. The lowest BCUT2D eigenvalue weighted by Crippen LogP contribution is -2.59. The van der Waals surface area contributed by atoms with Crippen LogP contribution in [-0.2, 0) is 43.4 Å². The maximum atomic E-state index is 14.1. The van der Waals surface area contributed by atoms with E-state index in [9.17, 15) is 34.2 Å². The molecule has 4 rings (SSSR count). The second-order valence-electron chi connectivity index (χ2n) is 11.3. The van der Waals surface area contributed by atoms with Crippen LogP contribution in [0.4, 0.5) is 0 Å². The third-order valence-corrected chi connectivity index (χ3v) is 7.75. The Morgan fingerprint density at radius 2 is 1.40 bits per heavy atom. The summed E-state index contributed by atoms with van der Waals surface area (Å²) < 4.78 is 1.36. The van der Waals surface area contributed by atoms with Crippen molar-refractivity contribution in [2.24, 2.45) is 0 Å². The van der Waals surface area contributed by atoms with Gasteiger partial charge in [-0.3, -0.25) is 28.5 Å². The predicted octanol–water partition coefficient (Wildman–Crippen LogP) is 0.951. The summed E-state index contributed by atoms with van der Waals surface area (Å²) >= 11 is 0. The Kier molecular flexibility index (Phi) is 12.0. The van der Waals surface area contributed by atoms with Gasteiger partial charge in [0.05, 0.1) is 11.6 Å². The van der Waals surface area contributed by atoms with Crippen molar-refractivity contribution in [2.45, 2.75) is 50.5 Å². The third-order valence-electron chi connectivity index (χ3n) is 7.75. The first kappa shape index (κ1) is 34.5. The first-order chi connectivity index (χ1) is 22.6. The SMILES string of the molecule is C[C@@H](O)[C@H](NC(=O)CO)C(=O)N[C@H](Cc1cn(C=O)c2ccccc12)C(=O)N[C@@H](Cc1ccccc1)C(=O)N(C)Cc1ccccc1. The fourth-order valence-corrected chi connectivity index (χ4v) is 5.37. The number of aliphatic hydroxyl groups excluding tert-OH is 2. The molecule has 1 aromatic heterocycles. The molecule has 4 atom stereocenters. The quantitative estimate of drug-likeness (QED) is 0.120. The third kappa shape index (κ3) is 9.12. The fraction of sp³-hybridized carbons (Fsp3) is 0.286. The largest absolute Gasteiger partial charge is 0.391 e. The molecular weight excluding hydrogens is 602 g/mol. The molecular formula is C35H39N5O7. The molecule has 1 heterocycles. The molecule has 4 amide bonds. The summed E-state index contributed by atoms with van der Waals surface area (Å²) in [7, 11) is 1.64. The number of fused-ring (bicyclic) bond motifs is 1. The van der Waals surface area contributed by atoms with Crippen LogP contribution >= 0.6 is 0 Å².